The first-order valence-corrected chi connectivity index (χ1v) is 8.82. The van der Waals surface area contributed by atoms with E-state index in [0.717, 1.165) is 31.8 Å². The van der Waals surface area contributed by atoms with E-state index >= 15 is 0 Å². The van der Waals surface area contributed by atoms with Crippen molar-refractivity contribution in [3.05, 3.63) is 0 Å². The minimum atomic E-state index is 0. The number of hydrogen-bond acceptors (Lipinski definition) is 2. The molecule has 0 unspecified atom stereocenters. The highest BCUT2D eigenvalue weighted by Crippen LogP contribution is 2.37. The number of nitrogens with one attached hydrogen (secondary N) is 1. The van der Waals surface area contributed by atoms with Crippen LogP contribution >= 0.6 is 12.4 Å². The summed E-state index contributed by atoms with van der Waals surface area (Å²) in [7, 11) is 0. The van der Waals surface area contributed by atoms with Gasteiger partial charge in [0.1, 0.15) is 0 Å². The molecule has 3 fully saturated rings. The predicted octanol–water partition coefficient (Wildman–Crippen LogP) is 3.37. The van der Waals surface area contributed by atoms with Crippen LogP contribution in [0, 0.1) is 11.8 Å². The number of piperidine rings is 1. The van der Waals surface area contributed by atoms with Crippen molar-refractivity contribution in [1.29, 1.82) is 0 Å². The number of hydrogen-bond donors (Lipinski definition) is 1. The lowest BCUT2D eigenvalue weighted by Crippen LogP contribution is -2.48. The van der Waals surface area contributed by atoms with E-state index in [0.29, 0.717) is 23.9 Å². The topological polar surface area (TPSA) is 32.3 Å². The highest BCUT2D eigenvalue weighted by atomic mass is 35.5. The van der Waals surface area contributed by atoms with E-state index in [2.05, 4.69) is 17.1 Å². The lowest BCUT2D eigenvalue weighted by Gasteiger charge is -2.39. The third-order valence-electron chi connectivity index (χ3n) is 5.67. The Hall–Kier alpha value is -0.280. The van der Waals surface area contributed by atoms with Crippen LogP contribution in [0.3, 0.4) is 0 Å². The zero-order chi connectivity index (χ0) is 13.9. The fourth-order valence-corrected chi connectivity index (χ4v) is 4.12. The molecule has 0 aromatic rings. The van der Waals surface area contributed by atoms with Crippen molar-refractivity contribution in [2.75, 3.05) is 13.1 Å². The molecule has 0 atom stereocenters. The molecule has 2 saturated carbocycles. The van der Waals surface area contributed by atoms with Crippen molar-refractivity contribution < 1.29 is 4.79 Å². The Morgan fingerprint density at radius 1 is 0.952 bits per heavy atom. The summed E-state index contributed by atoms with van der Waals surface area (Å²) >= 11 is 0. The molecular weight excluding hydrogens is 284 g/mol. The van der Waals surface area contributed by atoms with Gasteiger partial charge in [0.15, 0.2) is 0 Å². The molecule has 1 heterocycles. The molecule has 0 spiro atoms. The summed E-state index contributed by atoms with van der Waals surface area (Å²) in [4.78, 5) is 15.3. The highest BCUT2D eigenvalue weighted by molar-refractivity contribution is 5.85. The number of carbonyl (C=O) groups is 1. The number of amides is 1. The second kappa shape index (κ2) is 7.82. The van der Waals surface area contributed by atoms with Gasteiger partial charge in [-0.1, -0.05) is 13.3 Å². The monoisotopic (exact) mass is 314 g/mol. The summed E-state index contributed by atoms with van der Waals surface area (Å²) in [5, 5.41) is 3.38. The van der Waals surface area contributed by atoms with Crippen LogP contribution in [-0.2, 0) is 4.79 Å². The van der Waals surface area contributed by atoms with Gasteiger partial charge in [-0.2, -0.15) is 0 Å². The lowest BCUT2D eigenvalue weighted by molar-refractivity contribution is -0.140. The maximum absolute atomic E-state index is 12.9. The summed E-state index contributed by atoms with van der Waals surface area (Å²) < 4.78 is 0. The minimum Gasteiger partial charge on any atom is -0.336 e. The van der Waals surface area contributed by atoms with E-state index < -0.39 is 0 Å². The maximum atomic E-state index is 12.9. The van der Waals surface area contributed by atoms with E-state index in [1.54, 1.807) is 0 Å². The first-order chi connectivity index (χ1) is 9.79. The Balaban J connectivity index is 0.00000161. The third-order valence-corrected chi connectivity index (χ3v) is 5.67. The van der Waals surface area contributed by atoms with E-state index in [9.17, 15) is 4.79 Å². The zero-order valence-corrected chi connectivity index (χ0v) is 14.2. The summed E-state index contributed by atoms with van der Waals surface area (Å²) in [6.07, 6.45) is 11.1. The molecule has 1 amide bonds. The average Bonchev–Trinajstić information content (AvgIpc) is 3.34. The van der Waals surface area contributed by atoms with Crippen LogP contribution in [0.25, 0.3) is 0 Å². The molecule has 0 radical (unpaired) electrons. The first kappa shape index (κ1) is 17.1. The lowest BCUT2D eigenvalue weighted by atomic mass is 9.83. The van der Waals surface area contributed by atoms with Crippen LogP contribution in [0.4, 0.5) is 0 Å². The standard InChI is InChI=1S/C17H30N2O.ClH/c1-2-13-3-5-15(6-4-13)19(16-7-8-16)17(20)14-9-11-18-12-10-14;/h13-16,18H,2-12H2,1H3;1H. The van der Waals surface area contributed by atoms with Crippen molar-refractivity contribution in [3.63, 3.8) is 0 Å². The average molecular weight is 315 g/mol. The number of rotatable bonds is 4. The van der Waals surface area contributed by atoms with Gasteiger partial charge in [-0.3, -0.25) is 4.79 Å². The van der Waals surface area contributed by atoms with Gasteiger partial charge in [0.05, 0.1) is 0 Å². The molecule has 3 rings (SSSR count). The molecule has 1 aliphatic heterocycles. The Morgan fingerprint density at radius 2 is 1.48 bits per heavy atom. The SMILES string of the molecule is CCC1CCC(N(C(=O)C2CCNCC2)C2CC2)CC1.Cl. The maximum Gasteiger partial charge on any atom is 0.226 e. The van der Waals surface area contributed by atoms with E-state index in [4.69, 9.17) is 0 Å². The van der Waals surface area contributed by atoms with Crippen molar-refractivity contribution in [2.24, 2.45) is 11.8 Å². The summed E-state index contributed by atoms with van der Waals surface area (Å²) in [6, 6.07) is 1.16. The van der Waals surface area contributed by atoms with E-state index in [-0.39, 0.29) is 12.4 Å². The Kier molecular flexibility index (Phi) is 6.36. The van der Waals surface area contributed by atoms with E-state index in [1.165, 1.54) is 44.9 Å². The van der Waals surface area contributed by atoms with Crippen LogP contribution < -0.4 is 5.32 Å². The van der Waals surface area contributed by atoms with Crippen LogP contribution in [0.15, 0.2) is 0 Å². The smallest absolute Gasteiger partial charge is 0.226 e. The first-order valence-electron chi connectivity index (χ1n) is 8.82. The molecule has 0 bridgehead atoms. The van der Waals surface area contributed by atoms with Gasteiger partial charge in [0.2, 0.25) is 5.91 Å². The van der Waals surface area contributed by atoms with E-state index in [1.807, 2.05) is 0 Å². The quantitative estimate of drug-likeness (QED) is 0.863. The summed E-state index contributed by atoms with van der Waals surface area (Å²) in [5.41, 5.74) is 0. The minimum absolute atomic E-state index is 0. The molecule has 3 nitrogen and oxygen atoms in total. The van der Waals surface area contributed by atoms with Gasteiger partial charge < -0.3 is 10.2 Å². The second-order valence-electron chi connectivity index (χ2n) is 7.08. The van der Waals surface area contributed by atoms with Gasteiger partial charge in [-0.25, -0.2) is 0 Å². The number of nitrogens with zero attached hydrogens (tertiary/aromatic N) is 1. The van der Waals surface area contributed by atoms with Gasteiger partial charge in [0.25, 0.3) is 0 Å². The van der Waals surface area contributed by atoms with Crippen LogP contribution in [-0.4, -0.2) is 36.0 Å². The van der Waals surface area contributed by atoms with Crippen molar-refractivity contribution >= 4 is 18.3 Å². The van der Waals surface area contributed by atoms with Crippen LogP contribution in [0.1, 0.15) is 64.7 Å². The molecule has 0 aromatic carbocycles. The predicted molar refractivity (Wildman–Crippen MR) is 88.7 cm³/mol. The van der Waals surface area contributed by atoms with Crippen molar-refractivity contribution in [3.8, 4) is 0 Å². The fraction of sp³-hybridized carbons (Fsp3) is 0.941. The summed E-state index contributed by atoms with van der Waals surface area (Å²) in [5.74, 6) is 1.72. The Morgan fingerprint density at radius 3 is 1.95 bits per heavy atom. The van der Waals surface area contributed by atoms with Gasteiger partial charge >= 0.3 is 0 Å². The van der Waals surface area contributed by atoms with Crippen molar-refractivity contribution in [1.82, 2.24) is 10.2 Å². The molecular formula is C17H31ClN2O. The largest absolute Gasteiger partial charge is 0.336 e. The molecule has 2 aliphatic carbocycles. The van der Waals surface area contributed by atoms with Crippen molar-refractivity contribution in [2.45, 2.75) is 76.8 Å². The van der Waals surface area contributed by atoms with Crippen LogP contribution in [0.5, 0.6) is 0 Å². The number of carbonyl (C=O) groups excluding carboxylic acids is 1. The molecule has 1 N–H and O–H groups in total. The molecule has 0 aromatic heterocycles. The molecule has 122 valence electrons. The van der Waals surface area contributed by atoms with Gasteiger partial charge in [0, 0.05) is 18.0 Å². The van der Waals surface area contributed by atoms with Gasteiger partial charge in [-0.15, -0.1) is 12.4 Å². The molecule has 21 heavy (non-hydrogen) atoms. The fourth-order valence-electron chi connectivity index (χ4n) is 4.12. The van der Waals surface area contributed by atoms with Gasteiger partial charge in [-0.05, 0) is 70.4 Å². The molecule has 3 aliphatic rings. The Labute approximate surface area is 135 Å². The Bertz CT molecular complexity index is 332. The highest BCUT2D eigenvalue weighted by Gasteiger charge is 2.40. The number of halogens is 1. The molecule has 4 heteroatoms. The second-order valence-corrected chi connectivity index (χ2v) is 7.08. The van der Waals surface area contributed by atoms with Crippen LogP contribution in [0.2, 0.25) is 0 Å². The summed E-state index contributed by atoms with van der Waals surface area (Å²) in [6.45, 7) is 4.36. The zero-order valence-electron chi connectivity index (χ0n) is 13.4. The normalized spacial score (nSPS) is 30.5. The third kappa shape index (κ3) is 4.13. The molecule has 1 saturated heterocycles.